The lowest BCUT2D eigenvalue weighted by Crippen LogP contribution is -2.25. The first-order chi connectivity index (χ1) is 11.1. The second-order valence-corrected chi connectivity index (χ2v) is 5.05. The van der Waals surface area contributed by atoms with Crippen LogP contribution in [0.25, 0.3) is 10.9 Å². The van der Waals surface area contributed by atoms with Crippen molar-refractivity contribution in [3.05, 3.63) is 60.3 Å². The Morgan fingerprint density at radius 1 is 1.00 bits per heavy atom. The maximum atomic E-state index is 13.4. The molecule has 0 radical (unpaired) electrons. The third-order valence-corrected chi connectivity index (χ3v) is 3.31. The van der Waals surface area contributed by atoms with Gasteiger partial charge < -0.3 is 19.6 Å². The van der Waals surface area contributed by atoms with Gasteiger partial charge in [0.25, 0.3) is 0 Å². The van der Waals surface area contributed by atoms with Crippen molar-refractivity contribution in [2.24, 2.45) is 0 Å². The van der Waals surface area contributed by atoms with Crippen LogP contribution in [-0.4, -0.2) is 29.4 Å². The molecule has 1 unspecified atom stereocenters. The molecule has 6 heteroatoms. The number of aromatic amines is 1. The third kappa shape index (κ3) is 3.60. The predicted octanol–water partition coefficient (Wildman–Crippen LogP) is 3.26. The number of hydrogen-bond donors (Lipinski definition) is 2. The first-order valence-corrected chi connectivity index (χ1v) is 7.08. The van der Waals surface area contributed by atoms with E-state index in [1.807, 2.05) is 18.2 Å². The van der Waals surface area contributed by atoms with Gasteiger partial charge in [-0.2, -0.15) is 0 Å². The number of rotatable bonds is 6. The van der Waals surface area contributed by atoms with Crippen LogP contribution in [0.15, 0.2) is 48.7 Å². The Labute approximate surface area is 131 Å². The molecule has 1 heterocycles. The van der Waals surface area contributed by atoms with E-state index in [0.29, 0.717) is 5.75 Å². The number of hydrogen-bond acceptors (Lipinski definition) is 3. The summed E-state index contributed by atoms with van der Waals surface area (Å²) in [7, 11) is 0. The molecule has 3 aromatic rings. The highest BCUT2D eigenvalue weighted by atomic mass is 19.1. The van der Waals surface area contributed by atoms with Crippen LogP contribution in [0.2, 0.25) is 0 Å². The fourth-order valence-corrected chi connectivity index (χ4v) is 2.19. The monoisotopic (exact) mass is 319 g/mol. The van der Waals surface area contributed by atoms with E-state index in [1.54, 1.807) is 12.3 Å². The van der Waals surface area contributed by atoms with Gasteiger partial charge in [0.15, 0.2) is 11.6 Å². The largest absolute Gasteiger partial charge is 0.490 e. The molecule has 2 N–H and O–H groups in total. The summed E-state index contributed by atoms with van der Waals surface area (Å²) >= 11 is 0. The lowest BCUT2D eigenvalue weighted by atomic mass is 10.2. The van der Waals surface area contributed by atoms with Crippen molar-refractivity contribution >= 4 is 10.9 Å². The molecule has 1 aromatic heterocycles. The van der Waals surface area contributed by atoms with Crippen LogP contribution in [-0.2, 0) is 0 Å². The number of aliphatic hydroxyl groups is 1. The minimum absolute atomic E-state index is 0.00684. The molecule has 0 amide bonds. The highest BCUT2D eigenvalue weighted by Gasteiger charge is 2.11. The molecule has 3 rings (SSSR count). The number of aromatic nitrogens is 1. The number of ether oxygens (including phenoxy) is 2. The van der Waals surface area contributed by atoms with E-state index in [4.69, 9.17) is 9.47 Å². The average Bonchev–Trinajstić information content (AvgIpc) is 3.01. The van der Waals surface area contributed by atoms with Crippen LogP contribution in [0.3, 0.4) is 0 Å². The van der Waals surface area contributed by atoms with Crippen LogP contribution >= 0.6 is 0 Å². The third-order valence-electron chi connectivity index (χ3n) is 3.31. The molecule has 1 atom stereocenters. The molecule has 120 valence electrons. The Morgan fingerprint density at radius 2 is 1.78 bits per heavy atom. The average molecular weight is 319 g/mol. The molecule has 4 nitrogen and oxygen atoms in total. The van der Waals surface area contributed by atoms with Gasteiger partial charge in [-0.15, -0.1) is 0 Å². The lowest BCUT2D eigenvalue weighted by molar-refractivity contribution is 0.0617. The van der Waals surface area contributed by atoms with Gasteiger partial charge in [-0.1, -0.05) is 6.07 Å². The molecule has 2 aromatic carbocycles. The van der Waals surface area contributed by atoms with E-state index < -0.39 is 17.7 Å². The smallest absolute Gasteiger partial charge is 0.167 e. The fraction of sp³-hybridized carbons (Fsp3) is 0.176. The molecule has 0 saturated heterocycles. The standard InChI is InChI=1S/C17H15F2NO3/c18-11-4-5-17(14(19)8-11)23-10-12(21)9-22-16-3-1-2-15-13(16)6-7-20-15/h1-8,12,20-21H,9-10H2. The highest BCUT2D eigenvalue weighted by molar-refractivity contribution is 5.85. The van der Waals surface area contributed by atoms with Crippen LogP contribution in [0.1, 0.15) is 0 Å². The SMILES string of the molecule is OC(COc1ccc(F)cc1F)COc1cccc2[nH]ccc12. The molecule has 0 saturated carbocycles. The van der Waals surface area contributed by atoms with Crippen molar-refractivity contribution in [2.75, 3.05) is 13.2 Å². The Morgan fingerprint density at radius 3 is 2.57 bits per heavy atom. The van der Waals surface area contributed by atoms with Gasteiger partial charge >= 0.3 is 0 Å². The van der Waals surface area contributed by atoms with E-state index in [2.05, 4.69) is 4.98 Å². The highest BCUT2D eigenvalue weighted by Crippen LogP contribution is 2.24. The van der Waals surface area contributed by atoms with Gasteiger partial charge in [-0.25, -0.2) is 8.78 Å². The Hall–Kier alpha value is -2.60. The van der Waals surface area contributed by atoms with Gasteiger partial charge in [-0.3, -0.25) is 0 Å². The van der Waals surface area contributed by atoms with Crippen molar-refractivity contribution in [1.29, 1.82) is 0 Å². The van der Waals surface area contributed by atoms with E-state index in [0.717, 1.165) is 23.0 Å². The summed E-state index contributed by atoms with van der Waals surface area (Å²) < 4.78 is 36.9. The zero-order chi connectivity index (χ0) is 16.2. The van der Waals surface area contributed by atoms with Crippen LogP contribution < -0.4 is 9.47 Å². The molecule has 0 bridgehead atoms. The summed E-state index contributed by atoms with van der Waals surface area (Å²) in [6.45, 7) is -0.168. The topological polar surface area (TPSA) is 54.5 Å². The predicted molar refractivity (Wildman–Crippen MR) is 81.7 cm³/mol. The van der Waals surface area contributed by atoms with Gasteiger partial charge in [0.2, 0.25) is 0 Å². The van der Waals surface area contributed by atoms with Gasteiger partial charge in [0, 0.05) is 23.2 Å². The zero-order valence-electron chi connectivity index (χ0n) is 12.1. The zero-order valence-corrected chi connectivity index (χ0v) is 12.1. The second kappa shape index (κ2) is 6.66. The molecule has 23 heavy (non-hydrogen) atoms. The summed E-state index contributed by atoms with van der Waals surface area (Å²) in [5.74, 6) is -0.970. The summed E-state index contributed by atoms with van der Waals surface area (Å²) in [4.78, 5) is 3.07. The van der Waals surface area contributed by atoms with Gasteiger partial charge in [0.05, 0.1) is 0 Å². The summed E-state index contributed by atoms with van der Waals surface area (Å²) in [5.41, 5.74) is 0.932. The number of fused-ring (bicyclic) bond motifs is 1. The molecule has 0 aliphatic rings. The van der Waals surface area contributed by atoms with Crippen molar-refractivity contribution in [3.63, 3.8) is 0 Å². The summed E-state index contributed by atoms with van der Waals surface area (Å²) in [5, 5.41) is 10.8. The molecule has 0 aliphatic carbocycles. The Kier molecular flexibility index (Phi) is 4.43. The molecule has 0 aliphatic heterocycles. The van der Waals surface area contributed by atoms with Crippen molar-refractivity contribution in [3.8, 4) is 11.5 Å². The maximum Gasteiger partial charge on any atom is 0.167 e. The molecular formula is C17H15F2NO3. The number of halogens is 2. The van der Waals surface area contributed by atoms with Gasteiger partial charge in [0.1, 0.15) is 30.9 Å². The number of H-pyrrole nitrogens is 1. The van der Waals surface area contributed by atoms with Gasteiger partial charge in [-0.05, 0) is 30.3 Å². The fourth-order valence-electron chi connectivity index (χ4n) is 2.19. The van der Waals surface area contributed by atoms with Crippen molar-refractivity contribution < 1.29 is 23.4 Å². The Bertz CT molecular complexity index is 803. The first-order valence-electron chi connectivity index (χ1n) is 7.08. The first kappa shape index (κ1) is 15.3. The number of aliphatic hydroxyl groups excluding tert-OH is 1. The lowest BCUT2D eigenvalue weighted by Gasteiger charge is -2.14. The minimum atomic E-state index is -0.950. The van der Waals surface area contributed by atoms with E-state index in [9.17, 15) is 13.9 Å². The summed E-state index contributed by atoms with van der Waals surface area (Å²) in [6, 6.07) is 10.4. The van der Waals surface area contributed by atoms with Crippen LogP contribution in [0, 0.1) is 11.6 Å². The molecular weight excluding hydrogens is 304 g/mol. The maximum absolute atomic E-state index is 13.4. The number of benzene rings is 2. The van der Waals surface area contributed by atoms with E-state index in [-0.39, 0.29) is 19.0 Å². The molecule has 0 fully saturated rings. The van der Waals surface area contributed by atoms with E-state index in [1.165, 1.54) is 6.07 Å². The van der Waals surface area contributed by atoms with Crippen LogP contribution in [0.4, 0.5) is 8.78 Å². The number of nitrogens with one attached hydrogen (secondary N) is 1. The Balaban J connectivity index is 1.55. The minimum Gasteiger partial charge on any atom is -0.490 e. The van der Waals surface area contributed by atoms with Crippen molar-refractivity contribution in [2.45, 2.75) is 6.10 Å². The summed E-state index contributed by atoms with van der Waals surface area (Å²) in [6.07, 6.45) is 0.850. The normalized spacial score (nSPS) is 12.3. The van der Waals surface area contributed by atoms with E-state index >= 15 is 0 Å². The van der Waals surface area contributed by atoms with Crippen molar-refractivity contribution in [1.82, 2.24) is 4.98 Å². The second-order valence-electron chi connectivity index (χ2n) is 5.05. The quantitative estimate of drug-likeness (QED) is 0.733. The molecule has 0 spiro atoms. The van der Waals surface area contributed by atoms with Crippen LogP contribution in [0.5, 0.6) is 11.5 Å².